The minimum atomic E-state index is -0.212. The Morgan fingerprint density at radius 2 is 1.72 bits per heavy atom. The second-order valence-electron chi connectivity index (χ2n) is 4.22. The average molecular weight is 240 g/mol. The van der Waals surface area contributed by atoms with Gasteiger partial charge in [0.25, 0.3) is 0 Å². The van der Waals surface area contributed by atoms with E-state index >= 15 is 0 Å². The molecule has 2 rings (SSSR count). The summed E-state index contributed by atoms with van der Waals surface area (Å²) in [5.41, 5.74) is 3.40. The molecule has 0 aliphatic carbocycles. The van der Waals surface area contributed by atoms with Crippen molar-refractivity contribution in [2.45, 2.75) is 20.3 Å². The molecule has 2 heteroatoms. The zero-order chi connectivity index (χ0) is 13.0. The summed E-state index contributed by atoms with van der Waals surface area (Å²) >= 11 is 0. The first kappa shape index (κ1) is 12.4. The summed E-state index contributed by atoms with van der Waals surface area (Å²) in [4.78, 5) is 11.3. The topological polar surface area (TPSA) is 26.3 Å². The highest BCUT2D eigenvalue weighted by atomic mass is 16.5. The molecule has 0 saturated heterocycles. The molecule has 0 aliphatic rings. The molecule has 0 atom stereocenters. The molecule has 2 aromatic carbocycles. The number of carbonyl (C=O) groups excluding carboxylic acids is 1. The van der Waals surface area contributed by atoms with E-state index in [4.69, 9.17) is 4.74 Å². The van der Waals surface area contributed by atoms with Gasteiger partial charge in [0.1, 0.15) is 5.75 Å². The summed E-state index contributed by atoms with van der Waals surface area (Å²) < 4.78 is 5.22. The van der Waals surface area contributed by atoms with Crippen molar-refractivity contribution in [1.29, 1.82) is 0 Å². The first-order valence-corrected chi connectivity index (χ1v) is 6.07. The third-order valence-corrected chi connectivity index (χ3v) is 2.71. The highest BCUT2D eigenvalue weighted by molar-refractivity contribution is 5.73. The molecule has 0 aliphatic heterocycles. The van der Waals surface area contributed by atoms with Crippen LogP contribution in [0, 0.1) is 6.92 Å². The van der Waals surface area contributed by atoms with Gasteiger partial charge in [-0.2, -0.15) is 0 Å². The van der Waals surface area contributed by atoms with Crippen LogP contribution in [-0.2, 0) is 4.79 Å². The predicted octanol–water partition coefficient (Wildman–Crippen LogP) is 3.98. The molecular weight excluding hydrogens is 224 g/mol. The number of esters is 1. The second-order valence-corrected chi connectivity index (χ2v) is 4.22. The molecule has 0 saturated carbocycles. The molecule has 0 spiro atoms. The second kappa shape index (κ2) is 5.50. The lowest BCUT2D eigenvalue weighted by molar-refractivity contribution is -0.134. The van der Waals surface area contributed by atoms with E-state index < -0.39 is 0 Å². The Hall–Kier alpha value is -2.09. The van der Waals surface area contributed by atoms with Crippen LogP contribution in [0.15, 0.2) is 48.5 Å². The molecule has 0 amide bonds. The van der Waals surface area contributed by atoms with Crippen molar-refractivity contribution >= 4 is 5.97 Å². The minimum absolute atomic E-state index is 0.212. The van der Waals surface area contributed by atoms with Crippen molar-refractivity contribution in [2.75, 3.05) is 0 Å². The Balaban J connectivity index is 2.29. The maximum atomic E-state index is 11.3. The van der Waals surface area contributed by atoms with Gasteiger partial charge in [-0.05, 0) is 30.2 Å². The minimum Gasteiger partial charge on any atom is -0.427 e. The Morgan fingerprint density at radius 3 is 2.39 bits per heavy atom. The number of aryl methyl sites for hydroxylation is 1. The van der Waals surface area contributed by atoms with Gasteiger partial charge in [0.05, 0.1) is 0 Å². The normalized spacial score (nSPS) is 10.1. The third kappa shape index (κ3) is 2.98. The summed E-state index contributed by atoms with van der Waals surface area (Å²) in [7, 11) is 0. The van der Waals surface area contributed by atoms with Gasteiger partial charge in [0, 0.05) is 6.42 Å². The lowest BCUT2D eigenvalue weighted by Crippen LogP contribution is -2.05. The first-order chi connectivity index (χ1) is 8.69. The highest BCUT2D eigenvalue weighted by Gasteiger charge is 2.03. The molecule has 0 N–H and O–H groups in total. The fourth-order valence-electron chi connectivity index (χ4n) is 1.77. The van der Waals surface area contributed by atoms with Crippen molar-refractivity contribution in [3.8, 4) is 16.9 Å². The maximum absolute atomic E-state index is 11.3. The Bertz CT molecular complexity index is 559. The van der Waals surface area contributed by atoms with Gasteiger partial charge in [-0.1, -0.05) is 48.9 Å². The van der Waals surface area contributed by atoms with E-state index in [0.717, 1.165) is 11.1 Å². The molecular formula is C16H16O2. The highest BCUT2D eigenvalue weighted by Crippen LogP contribution is 2.24. The number of carbonyl (C=O) groups is 1. The molecule has 0 fully saturated rings. The number of hydrogen-bond donors (Lipinski definition) is 0. The summed E-state index contributed by atoms with van der Waals surface area (Å²) in [6.07, 6.45) is 0.384. The monoisotopic (exact) mass is 240 g/mol. The molecule has 2 aromatic rings. The van der Waals surface area contributed by atoms with E-state index in [1.54, 1.807) is 13.0 Å². The molecule has 0 radical (unpaired) electrons. The van der Waals surface area contributed by atoms with E-state index in [1.807, 2.05) is 30.3 Å². The van der Waals surface area contributed by atoms with Crippen LogP contribution in [0.3, 0.4) is 0 Å². The molecule has 0 heterocycles. The van der Waals surface area contributed by atoms with Crippen LogP contribution in [0.25, 0.3) is 11.1 Å². The first-order valence-electron chi connectivity index (χ1n) is 6.07. The average Bonchev–Trinajstić information content (AvgIpc) is 2.39. The maximum Gasteiger partial charge on any atom is 0.310 e. The standard InChI is InChI=1S/C16H16O2/c1-3-16(17)18-15-9-5-8-14(11-15)13-7-4-6-12(2)10-13/h4-11H,3H2,1-2H3. The molecule has 0 unspecified atom stereocenters. The number of benzene rings is 2. The van der Waals surface area contributed by atoms with Crippen molar-refractivity contribution in [3.05, 3.63) is 54.1 Å². The summed E-state index contributed by atoms with van der Waals surface area (Å²) in [5, 5.41) is 0. The third-order valence-electron chi connectivity index (χ3n) is 2.71. The van der Waals surface area contributed by atoms with Crippen molar-refractivity contribution in [2.24, 2.45) is 0 Å². The Labute approximate surface area is 107 Å². The van der Waals surface area contributed by atoms with Crippen LogP contribution >= 0.6 is 0 Å². The largest absolute Gasteiger partial charge is 0.427 e. The van der Waals surface area contributed by atoms with Crippen LogP contribution in [0.4, 0.5) is 0 Å². The van der Waals surface area contributed by atoms with Gasteiger partial charge in [0.15, 0.2) is 0 Å². The molecule has 92 valence electrons. The number of hydrogen-bond acceptors (Lipinski definition) is 2. The van der Waals surface area contributed by atoms with Gasteiger partial charge < -0.3 is 4.74 Å². The Kier molecular flexibility index (Phi) is 3.78. The van der Waals surface area contributed by atoms with Gasteiger partial charge in [-0.15, -0.1) is 0 Å². The van der Waals surface area contributed by atoms with Crippen molar-refractivity contribution in [3.63, 3.8) is 0 Å². The molecule has 18 heavy (non-hydrogen) atoms. The summed E-state index contributed by atoms with van der Waals surface area (Å²) in [6, 6.07) is 15.8. The van der Waals surface area contributed by atoms with Gasteiger partial charge in [-0.25, -0.2) is 0 Å². The van der Waals surface area contributed by atoms with Crippen LogP contribution < -0.4 is 4.74 Å². The molecule has 2 nitrogen and oxygen atoms in total. The lowest BCUT2D eigenvalue weighted by atomic mass is 10.0. The smallest absolute Gasteiger partial charge is 0.310 e. The molecule has 0 bridgehead atoms. The Morgan fingerprint density at radius 1 is 1.06 bits per heavy atom. The quantitative estimate of drug-likeness (QED) is 0.599. The van der Waals surface area contributed by atoms with Crippen LogP contribution in [-0.4, -0.2) is 5.97 Å². The van der Waals surface area contributed by atoms with E-state index in [1.165, 1.54) is 5.56 Å². The van der Waals surface area contributed by atoms with Crippen molar-refractivity contribution in [1.82, 2.24) is 0 Å². The van der Waals surface area contributed by atoms with E-state index in [2.05, 4.69) is 19.1 Å². The summed E-state index contributed by atoms with van der Waals surface area (Å²) in [5.74, 6) is 0.386. The van der Waals surface area contributed by atoms with E-state index in [-0.39, 0.29) is 5.97 Å². The predicted molar refractivity (Wildman–Crippen MR) is 72.5 cm³/mol. The fourth-order valence-corrected chi connectivity index (χ4v) is 1.77. The van der Waals surface area contributed by atoms with Crippen LogP contribution in [0.2, 0.25) is 0 Å². The van der Waals surface area contributed by atoms with Gasteiger partial charge in [-0.3, -0.25) is 4.79 Å². The zero-order valence-corrected chi connectivity index (χ0v) is 10.6. The molecule has 0 aromatic heterocycles. The number of ether oxygens (including phenoxy) is 1. The lowest BCUT2D eigenvalue weighted by Gasteiger charge is -2.06. The van der Waals surface area contributed by atoms with Gasteiger partial charge in [0.2, 0.25) is 0 Å². The van der Waals surface area contributed by atoms with Crippen LogP contribution in [0.5, 0.6) is 5.75 Å². The fraction of sp³-hybridized carbons (Fsp3) is 0.188. The zero-order valence-electron chi connectivity index (χ0n) is 10.6. The summed E-state index contributed by atoms with van der Waals surface area (Å²) in [6.45, 7) is 3.84. The number of rotatable bonds is 3. The van der Waals surface area contributed by atoms with Gasteiger partial charge >= 0.3 is 5.97 Å². The van der Waals surface area contributed by atoms with E-state index in [0.29, 0.717) is 12.2 Å². The van der Waals surface area contributed by atoms with E-state index in [9.17, 15) is 4.79 Å². The van der Waals surface area contributed by atoms with Crippen LogP contribution in [0.1, 0.15) is 18.9 Å². The van der Waals surface area contributed by atoms with Crippen molar-refractivity contribution < 1.29 is 9.53 Å². The SMILES string of the molecule is CCC(=O)Oc1cccc(-c2cccc(C)c2)c1.